The van der Waals surface area contributed by atoms with E-state index in [0.717, 1.165) is 37.8 Å². The van der Waals surface area contributed by atoms with Gasteiger partial charge in [0.05, 0.1) is 5.25 Å². The van der Waals surface area contributed by atoms with E-state index in [1.807, 2.05) is 0 Å². The molecule has 0 radical (unpaired) electrons. The van der Waals surface area contributed by atoms with E-state index in [1.54, 1.807) is 0 Å². The molecule has 1 heterocycles. The van der Waals surface area contributed by atoms with E-state index in [-0.39, 0.29) is 16.6 Å². The summed E-state index contributed by atoms with van der Waals surface area (Å²) in [6, 6.07) is 1.54. The van der Waals surface area contributed by atoms with Gasteiger partial charge < -0.3 is 4.98 Å². The number of ketones is 1. The van der Waals surface area contributed by atoms with Crippen molar-refractivity contribution < 1.29 is 4.79 Å². The van der Waals surface area contributed by atoms with Gasteiger partial charge >= 0.3 is 0 Å². The summed E-state index contributed by atoms with van der Waals surface area (Å²) in [5, 5.41) is 0.560. The molecule has 5 heteroatoms. The zero-order valence-corrected chi connectivity index (χ0v) is 11.4. The quantitative estimate of drug-likeness (QED) is 0.850. The van der Waals surface area contributed by atoms with Crippen molar-refractivity contribution in [3.63, 3.8) is 0 Å². The van der Waals surface area contributed by atoms with Crippen molar-refractivity contribution in [1.29, 1.82) is 0 Å². The number of Topliss-reactive ketones (excluding diaryl/α,β-unsaturated/α-hetero) is 1. The van der Waals surface area contributed by atoms with Crippen molar-refractivity contribution in [2.24, 2.45) is 0 Å². The molecule has 1 unspecified atom stereocenters. The lowest BCUT2D eigenvalue weighted by Crippen LogP contribution is -2.22. The van der Waals surface area contributed by atoms with Gasteiger partial charge in [-0.05, 0) is 19.3 Å². The van der Waals surface area contributed by atoms with Gasteiger partial charge in [0, 0.05) is 18.2 Å². The summed E-state index contributed by atoms with van der Waals surface area (Å²) in [7, 11) is 0. The van der Waals surface area contributed by atoms with Gasteiger partial charge in [0.1, 0.15) is 5.78 Å². The molecule has 0 bridgehead atoms. The largest absolute Gasteiger partial charge is 0.301 e. The molecule has 1 aliphatic carbocycles. The maximum absolute atomic E-state index is 11.8. The Morgan fingerprint density at radius 1 is 1.44 bits per heavy atom. The van der Waals surface area contributed by atoms with Gasteiger partial charge in [-0.2, -0.15) is 0 Å². The zero-order chi connectivity index (χ0) is 13.0. The first-order valence-electron chi connectivity index (χ1n) is 6.48. The van der Waals surface area contributed by atoms with Gasteiger partial charge in [-0.3, -0.25) is 9.59 Å². The molecular weight excluding hydrogens is 248 g/mol. The highest BCUT2D eigenvalue weighted by atomic mass is 32.2. The van der Waals surface area contributed by atoms with Crippen molar-refractivity contribution in [2.75, 3.05) is 0 Å². The predicted octanol–water partition coefficient (Wildman–Crippen LogP) is 2.33. The second-order valence-electron chi connectivity index (χ2n) is 4.61. The van der Waals surface area contributed by atoms with E-state index in [2.05, 4.69) is 16.9 Å². The molecular formula is C13H18N2O2S. The molecule has 1 saturated carbocycles. The third-order valence-corrected chi connectivity index (χ3v) is 4.23. The Balaban J connectivity index is 2.12. The minimum atomic E-state index is -0.126. The summed E-state index contributed by atoms with van der Waals surface area (Å²) in [4.78, 5) is 30.4. The van der Waals surface area contributed by atoms with E-state index in [0.29, 0.717) is 11.6 Å². The standard InChI is InChI=1S/C13H18N2O2S/c1-2-5-9-8-12(17)15-13(14-9)18-11-7-4-3-6-10(11)16/h8,11H,2-7H2,1H3,(H,14,15,17). The van der Waals surface area contributed by atoms with Crippen LogP contribution in [0.5, 0.6) is 0 Å². The van der Waals surface area contributed by atoms with Crippen LogP contribution in [0.1, 0.15) is 44.7 Å². The summed E-state index contributed by atoms with van der Waals surface area (Å²) < 4.78 is 0. The first-order valence-corrected chi connectivity index (χ1v) is 7.36. The maximum Gasteiger partial charge on any atom is 0.251 e. The molecule has 1 aliphatic rings. The Bertz CT molecular complexity index is 484. The Labute approximate surface area is 111 Å². The number of thioether (sulfide) groups is 1. The number of carbonyl (C=O) groups is 1. The normalized spacial score (nSPS) is 20.1. The van der Waals surface area contributed by atoms with E-state index >= 15 is 0 Å². The van der Waals surface area contributed by atoms with Gasteiger partial charge in [0.25, 0.3) is 5.56 Å². The fourth-order valence-corrected chi connectivity index (χ4v) is 3.27. The van der Waals surface area contributed by atoms with Crippen molar-refractivity contribution >= 4 is 17.5 Å². The van der Waals surface area contributed by atoms with Crippen LogP contribution < -0.4 is 5.56 Å². The molecule has 1 fully saturated rings. The van der Waals surface area contributed by atoms with Gasteiger partial charge in [-0.1, -0.05) is 31.5 Å². The smallest absolute Gasteiger partial charge is 0.251 e. The van der Waals surface area contributed by atoms with E-state index in [1.165, 1.54) is 17.8 Å². The molecule has 1 N–H and O–H groups in total. The molecule has 1 aromatic heterocycles. The Kier molecular flexibility index (Phi) is 4.58. The predicted molar refractivity (Wildman–Crippen MR) is 72.0 cm³/mol. The van der Waals surface area contributed by atoms with Crippen molar-refractivity contribution in [3.05, 3.63) is 22.1 Å². The van der Waals surface area contributed by atoms with Crippen LogP contribution in [0.4, 0.5) is 0 Å². The summed E-state index contributed by atoms with van der Waals surface area (Å²) in [5.74, 6) is 0.287. The highest BCUT2D eigenvalue weighted by Crippen LogP contribution is 2.29. The first-order chi connectivity index (χ1) is 8.69. The molecule has 0 spiro atoms. The Morgan fingerprint density at radius 2 is 2.28 bits per heavy atom. The minimum absolute atomic E-state index is 0.0289. The van der Waals surface area contributed by atoms with Gasteiger partial charge in [-0.15, -0.1) is 0 Å². The number of rotatable bonds is 4. The number of nitrogens with zero attached hydrogens (tertiary/aromatic N) is 1. The molecule has 98 valence electrons. The Hall–Kier alpha value is -1.10. The molecule has 1 aromatic rings. The average molecular weight is 266 g/mol. The average Bonchev–Trinajstić information content (AvgIpc) is 2.32. The van der Waals surface area contributed by atoms with Gasteiger partial charge in [0.15, 0.2) is 5.16 Å². The molecule has 2 rings (SSSR count). The number of hydrogen-bond donors (Lipinski definition) is 1. The number of aryl methyl sites for hydroxylation is 1. The molecule has 1 atom stereocenters. The zero-order valence-electron chi connectivity index (χ0n) is 10.6. The fraction of sp³-hybridized carbons (Fsp3) is 0.615. The van der Waals surface area contributed by atoms with Gasteiger partial charge in [-0.25, -0.2) is 4.98 Å². The lowest BCUT2D eigenvalue weighted by molar-refractivity contribution is -0.119. The lowest BCUT2D eigenvalue weighted by Gasteiger charge is -2.19. The summed E-state index contributed by atoms with van der Waals surface area (Å²) in [6.07, 6.45) is 5.40. The van der Waals surface area contributed by atoms with E-state index in [4.69, 9.17) is 0 Å². The molecule has 4 nitrogen and oxygen atoms in total. The Morgan fingerprint density at radius 3 is 3.00 bits per heavy atom. The fourth-order valence-electron chi connectivity index (χ4n) is 2.13. The van der Waals surface area contributed by atoms with E-state index < -0.39 is 0 Å². The second-order valence-corrected chi connectivity index (χ2v) is 5.80. The van der Waals surface area contributed by atoms with Crippen LogP contribution in [0.15, 0.2) is 16.0 Å². The molecule has 0 amide bonds. The number of aromatic nitrogens is 2. The van der Waals surface area contributed by atoms with Crippen molar-refractivity contribution in [3.8, 4) is 0 Å². The highest BCUT2D eigenvalue weighted by molar-refractivity contribution is 8.00. The molecule has 18 heavy (non-hydrogen) atoms. The van der Waals surface area contributed by atoms with Crippen LogP contribution in [0.25, 0.3) is 0 Å². The molecule has 0 aromatic carbocycles. The SMILES string of the molecule is CCCc1cc(=O)[nH]c(SC2CCCCC2=O)n1. The highest BCUT2D eigenvalue weighted by Gasteiger charge is 2.24. The third kappa shape index (κ3) is 3.45. The summed E-state index contributed by atoms with van der Waals surface area (Å²) >= 11 is 1.41. The first kappa shape index (κ1) is 13.3. The van der Waals surface area contributed by atoms with Crippen LogP contribution in [-0.4, -0.2) is 21.0 Å². The monoisotopic (exact) mass is 266 g/mol. The number of nitrogens with one attached hydrogen (secondary N) is 1. The van der Waals surface area contributed by atoms with Crippen LogP contribution in [0, 0.1) is 0 Å². The van der Waals surface area contributed by atoms with Crippen LogP contribution in [-0.2, 0) is 11.2 Å². The number of hydrogen-bond acceptors (Lipinski definition) is 4. The van der Waals surface area contributed by atoms with Crippen molar-refractivity contribution in [1.82, 2.24) is 9.97 Å². The number of carbonyl (C=O) groups excluding carboxylic acids is 1. The van der Waals surface area contributed by atoms with Crippen LogP contribution in [0.2, 0.25) is 0 Å². The van der Waals surface area contributed by atoms with E-state index in [9.17, 15) is 9.59 Å². The topological polar surface area (TPSA) is 62.8 Å². The molecule has 0 aliphatic heterocycles. The van der Waals surface area contributed by atoms with Crippen LogP contribution in [0.3, 0.4) is 0 Å². The lowest BCUT2D eigenvalue weighted by atomic mass is 9.99. The second kappa shape index (κ2) is 6.18. The molecule has 0 saturated heterocycles. The van der Waals surface area contributed by atoms with Crippen molar-refractivity contribution in [2.45, 2.75) is 55.9 Å². The number of H-pyrrole nitrogens is 1. The minimum Gasteiger partial charge on any atom is -0.301 e. The van der Waals surface area contributed by atoms with Crippen LogP contribution >= 0.6 is 11.8 Å². The summed E-state index contributed by atoms with van der Waals surface area (Å²) in [6.45, 7) is 2.06. The van der Waals surface area contributed by atoms with Gasteiger partial charge in [0.2, 0.25) is 0 Å². The summed E-state index contributed by atoms with van der Waals surface area (Å²) in [5.41, 5.74) is 0.686. The third-order valence-electron chi connectivity index (χ3n) is 3.03. The maximum atomic E-state index is 11.8. The number of aromatic amines is 1.